The molecule has 0 aliphatic carbocycles. The average molecular weight is 1490 g/mol. The van der Waals surface area contributed by atoms with Crippen molar-refractivity contribution >= 4 is 216 Å². The molecule has 0 N–H and O–H groups in total. The van der Waals surface area contributed by atoms with E-state index in [1.165, 1.54) is 272 Å². The maximum absolute atomic E-state index is 2.61. The molecule has 28 rings (SSSR count). The zero-order chi connectivity index (χ0) is 76.4. The summed E-state index contributed by atoms with van der Waals surface area (Å²) in [6.07, 6.45) is 0. The molecule has 0 bridgehead atoms. The van der Waals surface area contributed by atoms with Gasteiger partial charge in [-0.1, -0.05) is 328 Å². The van der Waals surface area contributed by atoms with Crippen LogP contribution in [0.2, 0.25) is 0 Å². The van der Waals surface area contributed by atoms with E-state index in [0.717, 1.165) is 11.4 Å². The number of nitrogens with zero attached hydrogens (tertiary/aromatic N) is 2. The van der Waals surface area contributed by atoms with Crippen molar-refractivity contribution in [3.63, 3.8) is 0 Å². The average Bonchev–Trinajstić information content (AvgIpc) is 1.51. The molecule has 2 nitrogen and oxygen atoms in total. The zero-order valence-electron chi connectivity index (χ0n) is 63.8. The summed E-state index contributed by atoms with van der Waals surface area (Å²) in [6, 6.07) is 148. The Bertz CT molecular complexity index is 9270. The van der Waals surface area contributed by atoms with Crippen molar-refractivity contribution in [3.8, 4) is 67.0 Å². The third-order valence-electron chi connectivity index (χ3n) is 27.3. The summed E-state index contributed by atoms with van der Waals surface area (Å²) in [5.41, 5.74) is 19.3. The highest BCUT2D eigenvalue weighted by molar-refractivity contribution is 6.50. The van der Waals surface area contributed by atoms with Crippen LogP contribution in [0.3, 0.4) is 0 Å². The van der Waals surface area contributed by atoms with Gasteiger partial charge in [0.2, 0.25) is 0 Å². The van der Waals surface area contributed by atoms with E-state index >= 15 is 0 Å². The third-order valence-corrected chi connectivity index (χ3v) is 27.3. The Hall–Kier alpha value is -15.5. The van der Waals surface area contributed by atoms with Gasteiger partial charge < -0.3 is 9.13 Å². The second-order valence-corrected chi connectivity index (χ2v) is 33.0. The quantitative estimate of drug-likeness (QED) is 0.141. The largest absolute Gasteiger partial charge is 0.309 e. The zero-order valence-corrected chi connectivity index (χ0v) is 63.8. The number of rotatable bonds is 7. The molecule has 28 aromatic rings. The van der Waals surface area contributed by atoms with Crippen LogP contribution in [-0.2, 0) is 0 Å². The van der Waals surface area contributed by atoms with Gasteiger partial charge in [-0.2, -0.15) is 0 Å². The molecule has 2 aromatic heterocycles. The first-order chi connectivity index (χ1) is 58.6. The Labute approximate surface area is 675 Å². The van der Waals surface area contributed by atoms with Crippen molar-refractivity contribution in [1.82, 2.24) is 9.13 Å². The van der Waals surface area contributed by atoms with Crippen LogP contribution in [-0.4, -0.2) is 9.13 Å². The topological polar surface area (TPSA) is 9.86 Å². The molecule has 26 aromatic carbocycles. The summed E-state index contributed by atoms with van der Waals surface area (Å²) in [4.78, 5) is 0. The van der Waals surface area contributed by atoms with Crippen molar-refractivity contribution < 1.29 is 0 Å². The van der Waals surface area contributed by atoms with Gasteiger partial charge in [0, 0.05) is 32.9 Å². The van der Waals surface area contributed by atoms with Crippen LogP contribution < -0.4 is 0 Å². The summed E-state index contributed by atoms with van der Waals surface area (Å²) in [5.74, 6) is 0. The Morgan fingerprint density at radius 1 is 0.127 bits per heavy atom. The first-order valence-corrected chi connectivity index (χ1v) is 41.3. The van der Waals surface area contributed by atoms with E-state index in [1.54, 1.807) is 0 Å². The van der Waals surface area contributed by atoms with Crippen molar-refractivity contribution in [1.29, 1.82) is 0 Å². The first kappa shape index (κ1) is 63.0. The van der Waals surface area contributed by atoms with Crippen molar-refractivity contribution in [2.24, 2.45) is 0 Å². The lowest BCUT2D eigenvalue weighted by Crippen LogP contribution is -1.94. The fraction of sp³-hybridized carbons (Fsp3) is 0. The van der Waals surface area contributed by atoms with Crippen LogP contribution in [0.4, 0.5) is 0 Å². The van der Waals surface area contributed by atoms with Gasteiger partial charge in [-0.15, -0.1) is 0 Å². The summed E-state index contributed by atoms with van der Waals surface area (Å²) in [5, 5.41) is 45.8. The predicted octanol–water partition coefficient (Wildman–Crippen LogP) is 32.4. The fourth-order valence-electron chi connectivity index (χ4n) is 22.8. The van der Waals surface area contributed by atoms with Crippen LogP contribution in [0.15, 0.2) is 388 Å². The Kier molecular flexibility index (Phi) is 12.4. The van der Waals surface area contributed by atoms with Crippen molar-refractivity contribution in [2.45, 2.75) is 0 Å². The molecule has 538 valence electrons. The van der Waals surface area contributed by atoms with E-state index < -0.39 is 0 Å². The van der Waals surface area contributed by atoms with E-state index in [0.29, 0.717) is 0 Å². The molecule has 118 heavy (non-hydrogen) atoms. The van der Waals surface area contributed by atoms with Crippen LogP contribution in [0.25, 0.3) is 283 Å². The van der Waals surface area contributed by atoms with Gasteiger partial charge in [0.1, 0.15) is 0 Å². The molecule has 2 heterocycles. The van der Waals surface area contributed by atoms with Gasteiger partial charge >= 0.3 is 0 Å². The fourth-order valence-corrected chi connectivity index (χ4v) is 22.8. The minimum atomic E-state index is 1.13. The van der Waals surface area contributed by atoms with Gasteiger partial charge in [0.15, 0.2) is 0 Å². The van der Waals surface area contributed by atoms with Crippen LogP contribution in [0.1, 0.15) is 0 Å². The number of benzene rings is 22. The number of para-hydroxylation sites is 1. The molecule has 0 radical (unpaired) electrons. The lowest BCUT2D eigenvalue weighted by atomic mass is 9.84. The van der Waals surface area contributed by atoms with Crippen LogP contribution in [0.5, 0.6) is 0 Å². The number of fused-ring (bicyclic) bond motifs is 26. The van der Waals surface area contributed by atoms with E-state index in [2.05, 4.69) is 397 Å². The summed E-state index contributed by atoms with van der Waals surface area (Å²) in [6.45, 7) is 0. The SMILES string of the molecule is c1ccc(-c2c3cc4c5ccccc5c5cccc(c3c(-c3ccccc3)c3c6cc7c(c8cccc(c23)c68)c2ccc(-c3cccc6c8cc9c(-c%10ccccc%10)c%10c%11cc%12c(c%13cccc(c%10c(-c%10ccccc%10)c9c9cccc(c36)c89)c%11%13)c3ccccc3n%12-c3ccc6ccccc6c3)cc2n7-c2ccc3ccccc3c2)c54)cc1. The van der Waals surface area contributed by atoms with Crippen molar-refractivity contribution in [2.75, 3.05) is 0 Å². The molecular weight excluding hydrogens is 1420 g/mol. The summed E-state index contributed by atoms with van der Waals surface area (Å²) < 4.78 is 5.15. The number of hydrogen-bond acceptors (Lipinski definition) is 0. The standard InChI is InChI=1S/C116H64N2/c1-5-28-67(29-6-1)100-92-61-90-78-39-18-17-38-77(78)79-42-22-47-86(105(79)90)111(92)103(70-34-11-4-12-35-70)116-95-64-99-110(85-46-24-49-88(107(85)95)113(100)116)82-57-54-73(60-97(82)118(99)75-56-53-66-27-14-16-37-72(66)59-75)76-41-21-43-80-91-62-93-101(68-30-7-2-8-31-68)115-94-63-98-109(81-40-19-20-51-96(81)117(98)74-55-52-65-26-13-15-36-71(65)58-74)84-45-25-50-89(108(84)94)114(115)102(69-32-9-3-10-33-69)112(93)87-48-23-44-83(104(76)80)106(87)91/h1-64H. The highest BCUT2D eigenvalue weighted by Gasteiger charge is 2.33. The van der Waals surface area contributed by atoms with E-state index in [4.69, 9.17) is 0 Å². The Morgan fingerprint density at radius 3 is 0.992 bits per heavy atom. The molecule has 0 aliphatic heterocycles. The normalized spacial score (nSPS) is 12.6. The second-order valence-electron chi connectivity index (χ2n) is 33.0. The lowest BCUT2D eigenvalue weighted by Gasteiger charge is -2.19. The molecule has 2 heteroatoms. The Morgan fingerprint density at radius 2 is 0.466 bits per heavy atom. The lowest BCUT2D eigenvalue weighted by molar-refractivity contribution is 1.19. The molecule has 0 atom stereocenters. The Balaban J connectivity index is 0.741. The number of hydrogen-bond donors (Lipinski definition) is 0. The van der Waals surface area contributed by atoms with E-state index in [-0.39, 0.29) is 0 Å². The second kappa shape index (κ2) is 23.1. The highest BCUT2D eigenvalue weighted by atomic mass is 15.0. The maximum atomic E-state index is 2.61. The summed E-state index contributed by atoms with van der Waals surface area (Å²) in [7, 11) is 0. The highest BCUT2D eigenvalue weighted by Crippen LogP contribution is 2.60. The monoisotopic (exact) mass is 1480 g/mol. The minimum absolute atomic E-state index is 1.13. The number of aromatic nitrogens is 2. The molecular formula is C116H64N2. The van der Waals surface area contributed by atoms with Crippen LogP contribution in [0, 0.1) is 0 Å². The molecule has 0 aliphatic rings. The minimum Gasteiger partial charge on any atom is -0.309 e. The molecule has 0 fully saturated rings. The molecule has 0 spiro atoms. The van der Waals surface area contributed by atoms with Crippen molar-refractivity contribution in [3.05, 3.63) is 388 Å². The molecule has 0 saturated carbocycles. The maximum Gasteiger partial charge on any atom is 0.0553 e. The van der Waals surface area contributed by atoms with Gasteiger partial charge in [-0.25, -0.2) is 0 Å². The van der Waals surface area contributed by atoms with Gasteiger partial charge in [-0.3, -0.25) is 0 Å². The van der Waals surface area contributed by atoms with Gasteiger partial charge in [-0.05, 0) is 289 Å². The first-order valence-electron chi connectivity index (χ1n) is 41.3. The molecule has 0 saturated heterocycles. The smallest absolute Gasteiger partial charge is 0.0553 e. The van der Waals surface area contributed by atoms with Crippen LogP contribution >= 0.6 is 0 Å². The van der Waals surface area contributed by atoms with E-state index in [9.17, 15) is 0 Å². The molecule has 0 amide bonds. The predicted molar refractivity (Wildman–Crippen MR) is 507 cm³/mol. The summed E-state index contributed by atoms with van der Waals surface area (Å²) >= 11 is 0. The van der Waals surface area contributed by atoms with E-state index in [1.807, 2.05) is 0 Å². The third kappa shape index (κ3) is 8.15. The van der Waals surface area contributed by atoms with Gasteiger partial charge in [0.05, 0.1) is 22.1 Å². The molecule has 0 unspecified atom stereocenters. The van der Waals surface area contributed by atoms with Gasteiger partial charge in [0.25, 0.3) is 0 Å².